The van der Waals surface area contributed by atoms with Crippen molar-refractivity contribution in [1.29, 1.82) is 0 Å². The van der Waals surface area contributed by atoms with Crippen molar-refractivity contribution in [2.24, 2.45) is 0 Å². The van der Waals surface area contributed by atoms with Crippen LogP contribution in [-0.2, 0) is 11.8 Å². The van der Waals surface area contributed by atoms with E-state index in [1.54, 1.807) is 12.1 Å². The van der Waals surface area contributed by atoms with E-state index >= 15 is 0 Å². The topological polar surface area (TPSA) is 40.5 Å². The van der Waals surface area contributed by atoms with Crippen LogP contribution in [0.3, 0.4) is 0 Å². The number of hydrogen-bond donors (Lipinski definition) is 2. The van der Waals surface area contributed by atoms with Gasteiger partial charge in [-0.15, -0.1) is 0 Å². The smallest absolute Gasteiger partial charge is 0.123 e. The minimum absolute atomic E-state index is 0.201. The molecule has 0 aliphatic rings. The Bertz CT molecular complexity index is 837. The molecule has 3 aromatic rings. The van der Waals surface area contributed by atoms with E-state index in [2.05, 4.69) is 26.0 Å². The molecule has 0 saturated carbocycles. The van der Waals surface area contributed by atoms with Crippen molar-refractivity contribution < 1.29 is 10.2 Å². The number of phenols is 2. The maximum atomic E-state index is 10.6. The van der Waals surface area contributed by atoms with E-state index in [4.69, 9.17) is 0 Å². The first-order chi connectivity index (χ1) is 12.0. The highest BCUT2D eigenvalue weighted by Gasteiger charge is 2.25. The van der Waals surface area contributed by atoms with Crippen LogP contribution in [0.5, 0.6) is 11.5 Å². The number of aromatic hydroxyl groups is 2. The fraction of sp³-hybridized carbons (Fsp3) is 0.217. The molecule has 2 nitrogen and oxygen atoms in total. The third-order valence-corrected chi connectivity index (χ3v) is 4.81. The first-order valence-corrected chi connectivity index (χ1v) is 8.63. The molecule has 0 unspecified atom stereocenters. The van der Waals surface area contributed by atoms with Crippen molar-refractivity contribution >= 4 is 0 Å². The van der Waals surface area contributed by atoms with Gasteiger partial charge in [0.25, 0.3) is 0 Å². The number of aryl methyl sites for hydroxylation is 1. The predicted molar refractivity (Wildman–Crippen MR) is 103 cm³/mol. The lowest BCUT2D eigenvalue weighted by molar-refractivity contribution is 0.413. The Morgan fingerprint density at radius 1 is 0.760 bits per heavy atom. The van der Waals surface area contributed by atoms with Crippen LogP contribution in [-0.4, -0.2) is 10.2 Å². The Kier molecular flexibility index (Phi) is 4.80. The summed E-state index contributed by atoms with van der Waals surface area (Å²) in [5.41, 5.74) is 3.36. The van der Waals surface area contributed by atoms with E-state index < -0.39 is 0 Å². The van der Waals surface area contributed by atoms with Crippen LogP contribution >= 0.6 is 0 Å². The lowest BCUT2D eigenvalue weighted by Gasteiger charge is -2.27. The van der Waals surface area contributed by atoms with Gasteiger partial charge in [0.15, 0.2) is 0 Å². The van der Waals surface area contributed by atoms with E-state index in [0.717, 1.165) is 24.0 Å². The van der Waals surface area contributed by atoms with Crippen molar-refractivity contribution in [3.05, 3.63) is 83.9 Å². The highest BCUT2D eigenvalue weighted by molar-refractivity contribution is 5.73. The fourth-order valence-corrected chi connectivity index (χ4v) is 3.20. The van der Waals surface area contributed by atoms with Crippen molar-refractivity contribution in [1.82, 2.24) is 0 Å². The first-order valence-electron chi connectivity index (χ1n) is 8.63. The van der Waals surface area contributed by atoms with Gasteiger partial charge in [0, 0.05) is 11.1 Å². The molecule has 2 heteroatoms. The largest absolute Gasteiger partial charge is 0.508 e. The summed E-state index contributed by atoms with van der Waals surface area (Å²) < 4.78 is 0. The highest BCUT2D eigenvalue weighted by Crippen LogP contribution is 2.41. The van der Waals surface area contributed by atoms with E-state index in [1.807, 2.05) is 48.5 Å². The molecule has 25 heavy (non-hydrogen) atoms. The quantitative estimate of drug-likeness (QED) is 0.591. The SMILES string of the molecule is CC(C)(CCc1ccccc1)c1cc(O)c(-c2ccccc2)cc1O. The van der Waals surface area contributed by atoms with Gasteiger partial charge in [-0.1, -0.05) is 74.5 Å². The second kappa shape index (κ2) is 7.02. The van der Waals surface area contributed by atoms with Crippen molar-refractivity contribution in [3.8, 4) is 22.6 Å². The molecule has 2 N–H and O–H groups in total. The summed E-state index contributed by atoms with van der Waals surface area (Å²) in [6, 6.07) is 23.3. The Morgan fingerprint density at radius 2 is 1.36 bits per heavy atom. The van der Waals surface area contributed by atoms with Crippen molar-refractivity contribution in [2.75, 3.05) is 0 Å². The molecule has 0 radical (unpaired) electrons. The minimum Gasteiger partial charge on any atom is -0.508 e. The van der Waals surface area contributed by atoms with Gasteiger partial charge in [-0.2, -0.15) is 0 Å². The molecule has 0 fully saturated rings. The summed E-state index contributed by atoms with van der Waals surface area (Å²) in [6.07, 6.45) is 1.81. The summed E-state index contributed by atoms with van der Waals surface area (Å²) >= 11 is 0. The molecule has 0 amide bonds. The molecular formula is C23H24O2. The van der Waals surface area contributed by atoms with Crippen LogP contribution < -0.4 is 0 Å². The third-order valence-electron chi connectivity index (χ3n) is 4.81. The molecule has 0 heterocycles. The van der Waals surface area contributed by atoms with Crippen LogP contribution in [0.4, 0.5) is 0 Å². The van der Waals surface area contributed by atoms with Crippen LogP contribution in [0.15, 0.2) is 72.8 Å². The molecule has 0 bridgehead atoms. The van der Waals surface area contributed by atoms with Gasteiger partial charge in [-0.05, 0) is 41.5 Å². The van der Waals surface area contributed by atoms with Gasteiger partial charge in [0.2, 0.25) is 0 Å². The van der Waals surface area contributed by atoms with Crippen molar-refractivity contribution in [3.63, 3.8) is 0 Å². The molecule has 3 rings (SSSR count). The monoisotopic (exact) mass is 332 g/mol. The van der Waals surface area contributed by atoms with E-state index in [-0.39, 0.29) is 16.9 Å². The second-order valence-electron chi connectivity index (χ2n) is 7.12. The summed E-state index contributed by atoms with van der Waals surface area (Å²) in [7, 11) is 0. The number of hydrogen-bond acceptors (Lipinski definition) is 2. The molecule has 0 spiro atoms. The van der Waals surface area contributed by atoms with Crippen LogP contribution in [0, 0.1) is 0 Å². The first kappa shape index (κ1) is 17.1. The van der Waals surface area contributed by atoms with Crippen molar-refractivity contribution in [2.45, 2.75) is 32.1 Å². The predicted octanol–water partition coefficient (Wildman–Crippen LogP) is 5.68. The molecule has 0 aliphatic carbocycles. The van der Waals surface area contributed by atoms with E-state index in [9.17, 15) is 10.2 Å². The van der Waals surface area contributed by atoms with Gasteiger partial charge >= 0.3 is 0 Å². The summed E-state index contributed by atoms with van der Waals surface area (Å²) in [5.74, 6) is 0.432. The van der Waals surface area contributed by atoms with Gasteiger partial charge in [0.05, 0.1) is 0 Å². The van der Waals surface area contributed by atoms with Gasteiger partial charge in [0.1, 0.15) is 11.5 Å². The minimum atomic E-state index is -0.243. The molecule has 128 valence electrons. The normalized spacial score (nSPS) is 11.4. The molecule has 3 aromatic carbocycles. The lowest BCUT2D eigenvalue weighted by Crippen LogP contribution is -2.18. The van der Waals surface area contributed by atoms with Crippen LogP contribution in [0.2, 0.25) is 0 Å². The number of rotatable bonds is 5. The van der Waals surface area contributed by atoms with Gasteiger partial charge < -0.3 is 10.2 Å². The number of phenolic OH excluding ortho intramolecular Hbond substituents is 2. The van der Waals surface area contributed by atoms with E-state index in [1.165, 1.54) is 5.56 Å². The summed E-state index contributed by atoms with van der Waals surface area (Å²) in [6.45, 7) is 4.21. The molecular weight excluding hydrogens is 308 g/mol. The zero-order valence-electron chi connectivity index (χ0n) is 14.7. The lowest BCUT2D eigenvalue weighted by atomic mass is 9.78. The summed E-state index contributed by atoms with van der Waals surface area (Å²) in [5, 5.41) is 21.1. The Hall–Kier alpha value is -2.74. The second-order valence-corrected chi connectivity index (χ2v) is 7.12. The standard InChI is InChI=1S/C23H24O2/c1-23(2,14-13-17-9-5-3-6-10-17)20-16-21(24)19(15-22(20)25)18-11-7-4-8-12-18/h3-12,15-16,24-25H,13-14H2,1-2H3. The average molecular weight is 332 g/mol. The van der Waals surface area contributed by atoms with Crippen LogP contribution in [0.25, 0.3) is 11.1 Å². The maximum absolute atomic E-state index is 10.6. The zero-order valence-corrected chi connectivity index (χ0v) is 14.7. The van der Waals surface area contributed by atoms with Gasteiger partial charge in [-0.3, -0.25) is 0 Å². The third kappa shape index (κ3) is 3.85. The Balaban J connectivity index is 1.87. The molecule has 0 atom stereocenters. The Morgan fingerprint density at radius 3 is 2.00 bits per heavy atom. The zero-order chi connectivity index (χ0) is 17.9. The summed E-state index contributed by atoms with van der Waals surface area (Å²) in [4.78, 5) is 0. The van der Waals surface area contributed by atoms with E-state index in [0.29, 0.717) is 5.56 Å². The number of benzene rings is 3. The Labute approximate surface area is 149 Å². The average Bonchev–Trinajstić information content (AvgIpc) is 2.63. The molecule has 0 saturated heterocycles. The van der Waals surface area contributed by atoms with Gasteiger partial charge in [-0.25, -0.2) is 0 Å². The maximum Gasteiger partial charge on any atom is 0.123 e. The van der Waals surface area contributed by atoms with Crippen LogP contribution in [0.1, 0.15) is 31.4 Å². The molecule has 0 aliphatic heterocycles. The highest BCUT2D eigenvalue weighted by atomic mass is 16.3. The molecule has 0 aromatic heterocycles. The fourth-order valence-electron chi connectivity index (χ4n) is 3.20.